The lowest BCUT2D eigenvalue weighted by Crippen LogP contribution is -2.25. The van der Waals surface area contributed by atoms with E-state index in [1.54, 1.807) is 0 Å². The van der Waals surface area contributed by atoms with Gasteiger partial charge in [0.25, 0.3) is 0 Å². The summed E-state index contributed by atoms with van der Waals surface area (Å²) in [6, 6.07) is 8.04. The second-order valence-corrected chi connectivity index (χ2v) is 5.70. The summed E-state index contributed by atoms with van der Waals surface area (Å²) >= 11 is 11.8. The van der Waals surface area contributed by atoms with E-state index >= 15 is 0 Å². The molecule has 0 bridgehead atoms. The Hall–Kier alpha value is -1.65. The molecule has 3 rings (SSSR count). The Morgan fingerprint density at radius 3 is 2.90 bits per heavy atom. The summed E-state index contributed by atoms with van der Waals surface area (Å²) in [5, 5.41) is 3.05. The number of nitrogens with one attached hydrogen (secondary N) is 1. The molecule has 2 aromatic rings. The van der Waals surface area contributed by atoms with Gasteiger partial charge in [0, 0.05) is 0 Å². The van der Waals surface area contributed by atoms with E-state index in [1.807, 2.05) is 18.2 Å². The molecule has 0 aliphatic heterocycles. The van der Waals surface area contributed by atoms with Crippen molar-refractivity contribution in [3.8, 4) is 0 Å². The van der Waals surface area contributed by atoms with E-state index in [-0.39, 0.29) is 27.8 Å². The summed E-state index contributed by atoms with van der Waals surface area (Å²) in [7, 11) is 0. The van der Waals surface area contributed by atoms with Crippen LogP contribution in [0.5, 0.6) is 0 Å². The number of benzene rings is 1. The van der Waals surface area contributed by atoms with Crippen LogP contribution in [0.2, 0.25) is 10.2 Å². The molecule has 108 valence electrons. The van der Waals surface area contributed by atoms with E-state index in [9.17, 15) is 4.79 Å². The first-order chi connectivity index (χ1) is 10.2. The van der Waals surface area contributed by atoms with E-state index in [2.05, 4.69) is 21.4 Å². The number of amides is 1. The molecule has 1 aliphatic rings. The molecule has 1 N–H and O–H groups in total. The SMILES string of the molecule is O=C(Nc1ncnc(Cl)c1Cl)C1CCCc2ccccc21. The summed E-state index contributed by atoms with van der Waals surface area (Å²) in [6.45, 7) is 0. The molecule has 1 unspecified atom stereocenters. The number of carbonyl (C=O) groups is 1. The van der Waals surface area contributed by atoms with Gasteiger partial charge in [-0.15, -0.1) is 0 Å². The van der Waals surface area contributed by atoms with Gasteiger partial charge in [-0.3, -0.25) is 4.79 Å². The minimum absolute atomic E-state index is 0.112. The zero-order chi connectivity index (χ0) is 14.8. The van der Waals surface area contributed by atoms with Gasteiger partial charge in [-0.2, -0.15) is 0 Å². The van der Waals surface area contributed by atoms with Crippen molar-refractivity contribution >= 4 is 34.9 Å². The summed E-state index contributed by atoms with van der Waals surface area (Å²) in [6.07, 6.45) is 4.10. The van der Waals surface area contributed by atoms with Crippen molar-refractivity contribution in [2.24, 2.45) is 0 Å². The summed E-state index contributed by atoms with van der Waals surface area (Å²) in [4.78, 5) is 20.3. The second-order valence-electron chi connectivity index (χ2n) is 4.96. The third kappa shape index (κ3) is 2.87. The maximum Gasteiger partial charge on any atom is 0.233 e. The molecule has 6 heteroatoms. The van der Waals surface area contributed by atoms with Gasteiger partial charge in [0.15, 0.2) is 11.0 Å². The van der Waals surface area contributed by atoms with Crippen molar-refractivity contribution in [3.63, 3.8) is 0 Å². The van der Waals surface area contributed by atoms with Crippen molar-refractivity contribution in [1.82, 2.24) is 9.97 Å². The van der Waals surface area contributed by atoms with E-state index in [0.29, 0.717) is 0 Å². The Morgan fingerprint density at radius 1 is 1.24 bits per heavy atom. The number of aryl methyl sites for hydroxylation is 1. The van der Waals surface area contributed by atoms with Crippen molar-refractivity contribution in [3.05, 3.63) is 51.9 Å². The lowest BCUT2D eigenvalue weighted by Gasteiger charge is -2.24. The van der Waals surface area contributed by atoms with Gasteiger partial charge in [0.2, 0.25) is 5.91 Å². The van der Waals surface area contributed by atoms with Crippen LogP contribution in [-0.4, -0.2) is 15.9 Å². The maximum absolute atomic E-state index is 12.5. The smallest absolute Gasteiger partial charge is 0.233 e. The summed E-state index contributed by atoms with van der Waals surface area (Å²) in [5.74, 6) is -0.0386. The maximum atomic E-state index is 12.5. The molecule has 1 atom stereocenters. The Balaban J connectivity index is 1.85. The van der Waals surface area contributed by atoms with Gasteiger partial charge in [0.05, 0.1) is 5.92 Å². The van der Waals surface area contributed by atoms with Crippen molar-refractivity contribution in [2.45, 2.75) is 25.2 Å². The highest BCUT2D eigenvalue weighted by Crippen LogP contribution is 2.33. The number of carbonyl (C=O) groups excluding carboxylic acids is 1. The molecule has 0 saturated heterocycles. The highest BCUT2D eigenvalue weighted by Gasteiger charge is 2.27. The molecule has 0 fully saturated rings. The third-order valence-electron chi connectivity index (χ3n) is 3.67. The molecule has 0 radical (unpaired) electrons. The molecule has 1 aromatic heterocycles. The Kier molecular flexibility index (Phi) is 4.08. The zero-order valence-corrected chi connectivity index (χ0v) is 12.7. The van der Waals surface area contributed by atoms with E-state index in [1.165, 1.54) is 11.9 Å². The van der Waals surface area contributed by atoms with Crippen LogP contribution < -0.4 is 5.32 Å². The fourth-order valence-corrected chi connectivity index (χ4v) is 2.94. The molecule has 1 aliphatic carbocycles. The van der Waals surface area contributed by atoms with Crippen molar-refractivity contribution < 1.29 is 4.79 Å². The fraction of sp³-hybridized carbons (Fsp3) is 0.267. The average Bonchev–Trinajstić information content (AvgIpc) is 2.51. The van der Waals surface area contributed by atoms with Crippen LogP contribution in [0.1, 0.15) is 29.9 Å². The van der Waals surface area contributed by atoms with E-state index in [0.717, 1.165) is 24.8 Å². The van der Waals surface area contributed by atoms with Gasteiger partial charge < -0.3 is 5.32 Å². The minimum atomic E-state index is -0.181. The van der Waals surface area contributed by atoms with E-state index < -0.39 is 0 Å². The van der Waals surface area contributed by atoms with Crippen LogP contribution in [0.25, 0.3) is 0 Å². The van der Waals surface area contributed by atoms with Crippen molar-refractivity contribution in [1.29, 1.82) is 0 Å². The largest absolute Gasteiger partial charge is 0.309 e. The molecule has 21 heavy (non-hydrogen) atoms. The van der Waals surface area contributed by atoms with Crippen LogP contribution in [-0.2, 0) is 11.2 Å². The molecule has 0 saturated carbocycles. The lowest BCUT2D eigenvalue weighted by molar-refractivity contribution is -0.117. The lowest BCUT2D eigenvalue weighted by atomic mass is 9.82. The van der Waals surface area contributed by atoms with Gasteiger partial charge >= 0.3 is 0 Å². The topological polar surface area (TPSA) is 54.9 Å². The molecular weight excluding hydrogens is 309 g/mol. The first-order valence-electron chi connectivity index (χ1n) is 6.71. The van der Waals surface area contributed by atoms with Crippen LogP contribution in [0.15, 0.2) is 30.6 Å². The van der Waals surface area contributed by atoms with Crippen LogP contribution in [0, 0.1) is 0 Å². The summed E-state index contributed by atoms with van der Waals surface area (Å²) < 4.78 is 0. The van der Waals surface area contributed by atoms with Crippen LogP contribution >= 0.6 is 23.2 Å². The van der Waals surface area contributed by atoms with Crippen molar-refractivity contribution in [2.75, 3.05) is 5.32 Å². The Morgan fingerprint density at radius 2 is 2.05 bits per heavy atom. The molecule has 1 heterocycles. The first-order valence-corrected chi connectivity index (χ1v) is 7.47. The highest BCUT2D eigenvalue weighted by molar-refractivity contribution is 6.42. The quantitative estimate of drug-likeness (QED) is 0.855. The van der Waals surface area contributed by atoms with Gasteiger partial charge in [-0.25, -0.2) is 9.97 Å². The fourth-order valence-electron chi connectivity index (χ4n) is 2.67. The number of anilines is 1. The van der Waals surface area contributed by atoms with Crippen LogP contribution in [0.3, 0.4) is 0 Å². The monoisotopic (exact) mass is 321 g/mol. The number of rotatable bonds is 2. The second kappa shape index (κ2) is 6.00. The molecule has 1 aromatic carbocycles. The number of nitrogens with zero attached hydrogens (tertiary/aromatic N) is 2. The Labute approximate surface area is 132 Å². The average molecular weight is 322 g/mol. The van der Waals surface area contributed by atoms with Gasteiger partial charge in [-0.1, -0.05) is 47.5 Å². The standard InChI is InChI=1S/C15H13Cl2N3O/c16-12-13(17)18-8-19-14(12)20-15(21)11-7-3-5-9-4-1-2-6-10(9)11/h1-2,4,6,8,11H,3,5,7H2,(H,18,19,20,21). The number of aromatic nitrogens is 2. The molecule has 1 amide bonds. The number of fused-ring (bicyclic) bond motifs is 1. The normalized spacial score (nSPS) is 17.1. The third-order valence-corrected chi connectivity index (χ3v) is 4.42. The van der Waals surface area contributed by atoms with Gasteiger partial charge in [-0.05, 0) is 30.4 Å². The molecule has 0 spiro atoms. The minimum Gasteiger partial charge on any atom is -0.309 e. The number of halogens is 2. The van der Waals surface area contributed by atoms with Crippen LogP contribution in [0.4, 0.5) is 5.82 Å². The number of hydrogen-bond acceptors (Lipinski definition) is 3. The van der Waals surface area contributed by atoms with Gasteiger partial charge in [0.1, 0.15) is 11.3 Å². The van der Waals surface area contributed by atoms with E-state index in [4.69, 9.17) is 23.2 Å². The zero-order valence-electron chi connectivity index (χ0n) is 11.1. The summed E-state index contributed by atoms with van der Waals surface area (Å²) in [5.41, 5.74) is 2.31. The Bertz CT molecular complexity index is 690. The number of hydrogen-bond donors (Lipinski definition) is 1. The molecular formula is C15H13Cl2N3O. The first kappa shape index (κ1) is 14.3. The predicted molar refractivity (Wildman–Crippen MR) is 82.8 cm³/mol. The predicted octanol–water partition coefficient (Wildman–Crippen LogP) is 3.84. The molecule has 4 nitrogen and oxygen atoms in total. The highest BCUT2D eigenvalue weighted by atomic mass is 35.5.